The predicted molar refractivity (Wildman–Crippen MR) is 113 cm³/mol. The molecular formula is C22H24FN3O4S. The summed E-state index contributed by atoms with van der Waals surface area (Å²) in [5.41, 5.74) is 1.29. The lowest BCUT2D eigenvalue weighted by Gasteiger charge is -2.31. The van der Waals surface area contributed by atoms with Crippen LogP contribution < -0.4 is 0 Å². The molecule has 0 spiro atoms. The molecule has 1 aliphatic heterocycles. The Kier molecular flexibility index (Phi) is 6.74. The molecule has 2 heterocycles. The van der Waals surface area contributed by atoms with Crippen LogP contribution in [0.3, 0.4) is 0 Å². The van der Waals surface area contributed by atoms with Gasteiger partial charge in [0.05, 0.1) is 18.5 Å². The van der Waals surface area contributed by atoms with E-state index in [2.05, 4.69) is 10.1 Å². The fourth-order valence-electron chi connectivity index (χ4n) is 3.59. The summed E-state index contributed by atoms with van der Waals surface area (Å²) in [5.74, 6) is 0.348. The van der Waals surface area contributed by atoms with E-state index in [1.54, 1.807) is 6.07 Å². The highest BCUT2D eigenvalue weighted by molar-refractivity contribution is 7.88. The molecule has 0 aliphatic carbocycles. The molecule has 0 saturated carbocycles. The second-order valence-electron chi connectivity index (χ2n) is 7.51. The minimum Gasteiger partial charge on any atom is -0.376 e. The molecular weight excluding hydrogens is 421 g/mol. The van der Waals surface area contributed by atoms with Crippen LogP contribution in [0, 0.1) is 5.82 Å². The van der Waals surface area contributed by atoms with Crippen LogP contribution in [0.5, 0.6) is 0 Å². The third kappa shape index (κ3) is 5.75. The first-order valence-corrected chi connectivity index (χ1v) is 11.8. The third-order valence-electron chi connectivity index (χ3n) is 5.14. The number of benzene rings is 2. The highest BCUT2D eigenvalue weighted by Crippen LogP contribution is 2.20. The van der Waals surface area contributed by atoms with Gasteiger partial charge in [-0.3, -0.25) is 0 Å². The lowest BCUT2D eigenvalue weighted by atomic mass is 10.1. The number of aromatic nitrogens is 2. The molecule has 1 fully saturated rings. The molecule has 1 aliphatic rings. The van der Waals surface area contributed by atoms with E-state index < -0.39 is 15.8 Å². The number of ether oxygens (including phenoxy) is 1. The third-order valence-corrected chi connectivity index (χ3v) is 6.96. The Morgan fingerprint density at radius 1 is 1.16 bits per heavy atom. The SMILES string of the molecule is O=S(=O)(Cc1cccc(F)c1)N1CCCC(OCCc2noc(-c3ccccc3)n2)C1. The van der Waals surface area contributed by atoms with E-state index in [9.17, 15) is 12.8 Å². The van der Waals surface area contributed by atoms with Gasteiger partial charge in [-0.1, -0.05) is 35.5 Å². The first kappa shape index (κ1) is 21.6. The molecule has 0 radical (unpaired) electrons. The van der Waals surface area contributed by atoms with Crippen molar-refractivity contribution in [1.82, 2.24) is 14.4 Å². The van der Waals surface area contributed by atoms with Crippen LogP contribution in [0.25, 0.3) is 11.5 Å². The topological polar surface area (TPSA) is 85.5 Å². The standard InChI is InChI=1S/C22H24FN3O4S/c23-19-9-4-6-17(14-19)16-31(27,28)26-12-5-10-20(15-26)29-13-11-21-24-22(30-25-21)18-7-2-1-3-8-18/h1-4,6-9,14,20H,5,10-13,15-16H2. The number of piperidine rings is 1. The van der Waals surface area contributed by atoms with Gasteiger partial charge in [0.2, 0.25) is 10.0 Å². The Morgan fingerprint density at radius 2 is 2.00 bits per heavy atom. The normalized spacial score (nSPS) is 17.6. The number of rotatable bonds is 8. The van der Waals surface area contributed by atoms with Crippen LogP contribution in [0.2, 0.25) is 0 Å². The minimum absolute atomic E-state index is 0.198. The van der Waals surface area contributed by atoms with Gasteiger partial charge in [-0.05, 0) is 42.7 Å². The molecule has 0 bridgehead atoms. The highest BCUT2D eigenvalue weighted by atomic mass is 32.2. The maximum Gasteiger partial charge on any atom is 0.257 e. The molecule has 1 saturated heterocycles. The summed E-state index contributed by atoms with van der Waals surface area (Å²) in [7, 11) is -3.54. The monoisotopic (exact) mass is 445 g/mol. The molecule has 4 rings (SSSR count). The van der Waals surface area contributed by atoms with Gasteiger partial charge in [0.25, 0.3) is 5.89 Å². The van der Waals surface area contributed by atoms with E-state index in [-0.39, 0.29) is 11.9 Å². The van der Waals surface area contributed by atoms with Gasteiger partial charge in [0.1, 0.15) is 5.82 Å². The van der Waals surface area contributed by atoms with Crippen LogP contribution in [0.4, 0.5) is 4.39 Å². The van der Waals surface area contributed by atoms with E-state index in [1.165, 1.54) is 22.5 Å². The Labute approximate surface area is 180 Å². The maximum absolute atomic E-state index is 13.4. The van der Waals surface area contributed by atoms with Gasteiger partial charge >= 0.3 is 0 Å². The molecule has 0 amide bonds. The Balaban J connectivity index is 1.29. The fraction of sp³-hybridized carbons (Fsp3) is 0.364. The summed E-state index contributed by atoms with van der Waals surface area (Å²) in [5, 5.41) is 3.98. The average Bonchev–Trinajstić information content (AvgIpc) is 3.23. The molecule has 3 aromatic rings. The van der Waals surface area contributed by atoms with E-state index in [0.717, 1.165) is 12.0 Å². The number of halogens is 1. The Morgan fingerprint density at radius 3 is 2.81 bits per heavy atom. The fourth-order valence-corrected chi connectivity index (χ4v) is 5.18. The van der Waals surface area contributed by atoms with Crippen molar-refractivity contribution in [3.05, 3.63) is 71.8 Å². The van der Waals surface area contributed by atoms with E-state index in [1.807, 2.05) is 30.3 Å². The molecule has 31 heavy (non-hydrogen) atoms. The molecule has 7 nitrogen and oxygen atoms in total. The molecule has 0 N–H and O–H groups in total. The van der Waals surface area contributed by atoms with Crippen LogP contribution in [0.1, 0.15) is 24.2 Å². The number of nitrogens with zero attached hydrogens (tertiary/aromatic N) is 3. The average molecular weight is 446 g/mol. The van der Waals surface area contributed by atoms with Crippen molar-refractivity contribution < 1.29 is 22.1 Å². The lowest BCUT2D eigenvalue weighted by Crippen LogP contribution is -2.43. The molecule has 9 heteroatoms. The van der Waals surface area contributed by atoms with Gasteiger partial charge in [-0.25, -0.2) is 12.8 Å². The van der Waals surface area contributed by atoms with Crippen molar-refractivity contribution >= 4 is 10.0 Å². The van der Waals surface area contributed by atoms with E-state index >= 15 is 0 Å². The van der Waals surface area contributed by atoms with Gasteiger partial charge < -0.3 is 9.26 Å². The summed E-state index contributed by atoms with van der Waals surface area (Å²) in [6, 6.07) is 15.2. The van der Waals surface area contributed by atoms with Crippen molar-refractivity contribution in [2.24, 2.45) is 0 Å². The summed E-state index contributed by atoms with van der Waals surface area (Å²) >= 11 is 0. The van der Waals surface area contributed by atoms with Gasteiger partial charge in [-0.2, -0.15) is 9.29 Å². The van der Waals surface area contributed by atoms with Gasteiger partial charge in [0, 0.05) is 25.1 Å². The summed E-state index contributed by atoms with van der Waals surface area (Å²) in [6.45, 7) is 1.11. The second kappa shape index (κ2) is 9.67. The van der Waals surface area contributed by atoms with E-state index in [4.69, 9.17) is 9.26 Å². The second-order valence-corrected chi connectivity index (χ2v) is 9.48. The zero-order valence-corrected chi connectivity index (χ0v) is 17.8. The van der Waals surface area contributed by atoms with Crippen molar-refractivity contribution in [2.75, 3.05) is 19.7 Å². The Hall–Kier alpha value is -2.62. The zero-order valence-electron chi connectivity index (χ0n) is 17.0. The van der Waals surface area contributed by atoms with Crippen LogP contribution >= 0.6 is 0 Å². The first-order valence-electron chi connectivity index (χ1n) is 10.2. The van der Waals surface area contributed by atoms with Gasteiger partial charge in [-0.15, -0.1) is 0 Å². The highest BCUT2D eigenvalue weighted by Gasteiger charge is 2.29. The van der Waals surface area contributed by atoms with E-state index in [0.29, 0.717) is 49.8 Å². The molecule has 1 aromatic heterocycles. The van der Waals surface area contributed by atoms with Crippen molar-refractivity contribution in [1.29, 1.82) is 0 Å². The number of sulfonamides is 1. The largest absolute Gasteiger partial charge is 0.376 e. The summed E-state index contributed by atoms with van der Waals surface area (Å²) in [6.07, 6.45) is 1.78. The first-order chi connectivity index (χ1) is 15.0. The number of hydrogen-bond donors (Lipinski definition) is 0. The summed E-state index contributed by atoms with van der Waals surface area (Å²) < 4.78 is 51.5. The van der Waals surface area contributed by atoms with Crippen LogP contribution in [-0.4, -0.2) is 48.7 Å². The smallest absolute Gasteiger partial charge is 0.257 e. The zero-order chi connectivity index (χ0) is 21.7. The number of hydrogen-bond acceptors (Lipinski definition) is 6. The minimum atomic E-state index is -3.54. The summed E-state index contributed by atoms with van der Waals surface area (Å²) in [4.78, 5) is 4.38. The van der Waals surface area contributed by atoms with Crippen LogP contribution in [0.15, 0.2) is 59.1 Å². The molecule has 164 valence electrons. The van der Waals surface area contributed by atoms with Crippen molar-refractivity contribution in [3.63, 3.8) is 0 Å². The van der Waals surface area contributed by atoms with Gasteiger partial charge in [0.15, 0.2) is 5.82 Å². The van der Waals surface area contributed by atoms with Crippen molar-refractivity contribution in [2.45, 2.75) is 31.1 Å². The predicted octanol–water partition coefficient (Wildman–Crippen LogP) is 3.43. The van der Waals surface area contributed by atoms with Crippen LogP contribution in [-0.2, 0) is 26.9 Å². The molecule has 1 atom stereocenters. The lowest BCUT2D eigenvalue weighted by molar-refractivity contribution is 0.0198. The quantitative estimate of drug-likeness (QED) is 0.528. The van der Waals surface area contributed by atoms with Crippen molar-refractivity contribution in [3.8, 4) is 11.5 Å². The Bertz CT molecular complexity index is 1100. The molecule has 1 unspecified atom stereocenters. The molecule has 2 aromatic carbocycles. The maximum atomic E-state index is 13.4.